The van der Waals surface area contributed by atoms with Crippen LogP contribution in [0.15, 0.2) is 0 Å². The Kier molecular flexibility index (Phi) is 2.55. The first-order chi connectivity index (χ1) is 4.34. The molecule has 0 aromatic carbocycles. The van der Waals surface area contributed by atoms with Crippen molar-refractivity contribution in [3.8, 4) is 0 Å². The molecule has 0 spiro atoms. The third kappa shape index (κ3) is 1.70. The molecule has 0 aromatic rings. The maximum absolute atomic E-state index is 3.37. The molecule has 9 heavy (non-hydrogen) atoms. The third-order valence-corrected chi connectivity index (χ3v) is 2.12. The summed E-state index contributed by atoms with van der Waals surface area (Å²) in [6.45, 7) is 5.78. The standard InChI is InChI=1S/C6H15BN2/c1-2-6-5-8-3-4-9(6)7/h6,8H,2-5,7H2,1H3/t6-/m0/s1. The van der Waals surface area contributed by atoms with E-state index in [0.29, 0.717) is 0 Å². The highest BCUT2D eigenvalue weighted by Crippen LogP contribution is 2.01. The summed E-state index contributed by atoms with van der Waals surface area (Å²) in [4.78, 5) is 2.43. The van der Waals surface area contributed by atoms with E-state index in [9.17, 15) is 0 Å². The Bertz CT molecular complexity index is 87.1. The normalized spacial score (nSPS) is 30.6. The van der Waals surface area contributed by atoms with Crippen LogP contribution in [0.1, 0.15) is 13.3 Å². The highest BCUT2D eigenvalue weighted by atomic mass is 15.1. The summed E-state index contributed by atoms with van der Waals surface area (Å²) in [7, 11) is 2.20. The molecule has 1 atom stereocenters. The van der Waals surface area contributed by atoms with E-state index in [2.05, 4.69) is 25.0 Å². The summed E-state index contributed by atoms with van der Waals surface area (Å²) in [5.74, 6) is 0. The molecule has 0 bridgehead atoms. The zero-order valence-electron chi connectivity index (χ0n) is 6.35. The number of nitrogens with zero attached hydrogens (tertiary/aromatic N) is 1. The van der Waals surface area contributed by atoms with Gasteiger partial charge in [0, 0.05) is 19.1 Å². The van der Waals surface area contributed by atoms with Gasteiger partial charge in [-0.2, -0.15) is 0 Å². The Hall–Kier alpha value is -0.0151. The highest BCUT2D eigenvalue weighted by molar-refractivity contribution is 6.04. The molecule has 52 valence electrons. The zero-order chi connectivity index (χ0) is 6.69. The minimum Gasteiger partial charge on any atom is -0.344 e. The van der Waals surface area contributed by atoms with Gasteiger partial charge in [-0.05, 0) is 13.0 Å². The van der Waals surface area contributed by atoms with E-state index >= 15 is 0 Å². The second-order valence-electron chi connectivity index (χ2n) is 2.75. The monoisotopic (exact) mass is 126 g/mol. The van der Waals surface area contributed by atoms with Crippen molar-refractivity contribution < 1.29 is 0 Å². The number of piperazine rings is 1. The molecule has 1 N–H and O–H groups in total. The lowest BCUT2D eigenvalue weighted by Crippen LogP contribution is -2.49. The molecular formula is C6H15BN2. The lowest BCUT2D eigenvalue weighted by atomic mass is 10.1. The molecule has 0 amide bonds. The lowest BCUT2D eigenvalue weighted by Gasteiger charge is -2.32. The van der Waals surface area contributed by atoms with Crippen molar-refractivity contribution in [3.63, 3.8) is 0 Å². The van der Waals surface area contributed by atoms with Gasteiger partial charge >= 0.3 is 0 Å². The van der Waals surface area contributed by atoms with Crippen LogP contribution in [-0.4, -0.2) is 38.5 Å². The third-order valence-electron chi connectivity index (χ3n) is 2.12. The van der Waals surface area contributed by atoms with Crippen molar-refractivity contribution in [1.29, 1.82) is 0 Å². The zero-order valence-corrected chi connectivity index (χ0v) is 6.35. The summed E-state index contributed by atoms with van der Waals surface area (Å²) >= 11 is 0. The Labute approximate surface area is 58.0 Å². The van der Waals surface area contributed by atoms with Crippen LogP contribution in [0.5, 0.6) is 0 Å². The summed E-state index contributed by atoms with van der Waals surface area (Å²) in [5.41, 5.74) is 0. The van der Waals surface area contributed by atoms with Crippen LogP contribution in [0.3, 0.4) is 0 Å². The minimum atomic E-state index is 0.777. The average molecular weight is 126 g/mol. The first-order valence-corrected chi connectivity index (χ1v) is 3.75. The van der Waals surface area contributed by atoms with Gasteiger partial charge in [-0.1, -0.05) is 6.92 Å². The van der Waals surface area contributed by atoms with Gasteiger partial charge in [0.1, 0.15) is 0 Å². The van der Waals surface area contributed by atoms with Gasteiger partial charge in [-0.3, -0.25) is 0 Å². The first-order valence-electron chi connectivity index (χ1n) is 3.75. The number of hydrogen-bond donors (Lipinski definition) is 1. The molecule has 1 rings (SSSR count). The van der Waals surface area contributed by atoms with Crippen molar-refractivity contribution in [3.05, 3.63) is 0 Å². The van der Waals surface area contributed by atoms with Crippen LogP contribution in [0.4, 0.5) is 0 Å². The van der Waals surface area contributed by atoms with E-state index in [-0.39, 0.29) is 0 Å². The summed E-state index contributed by atoms with van der Waals surface area (Å²) in [5, 5.41) is 3.37. The molecular weight excluding hydrogens is 111 g/mol. The lowest BCUT2D eigenvalue weighted by molar-refractivity contribution is 0.272. The molecule has 2 nitrogen and oxygen atoms in total. The van der Waals surface area contributed by atoms with Crippen LogP contribution in [0, 0.1) is 0 Å². The van der Waals surface area contributed by atoms with Crippen molar-refractivity contribution >= 4 is 7.98 Å². The van der Waals surface area contributed by atoms with E-state index in [1.807, 2.05) is 0 Å². The van der Waals surface area contributed by atoms with Crippen molar-refractivity contribution in [2.75, 3.05) is 19.6 Å². The van der Waals surface area contributed by atoms with Gasteiger partial charge in [0.05, 0.1) is 0 Å². The SMILES string of the molecule is BN1CCNC[C@@H]1CC. The van der Waals surface area contributed by atoms with Gasteiger partial charge < -0.3 is 10.1 Å². The topological polar surface area (TPSA) is 15.3 Å². The van der Waals surface area contributed by atoms with E-state index in [1.54, 1.807) is 0 Å². The summed E-state index contributed by atoms with van der Waals surface area (Å²) in [6, 6.07) is 0.777. The van der Waals surface area contributed by atoms with E-state index in [1.165, 1.54) is 19.5 Å². The Balaban J connectivity index is 2.30. The molecule has 0 saturated carbocycles. The second-order valence-corrected chi connectivity index (χ2v) is 2.75. The Morgan fingerprint density at radius 1 is 1.78 bits per heavy atom. The highest BCUT2D eigenvalue weighted by Gasteiger charge is 2.14. The number of rotatable bonds is 1. The van der Waals surface area contributed by atoms with Crippen LogP contribution < -0.4 is 5.32 Å². The molecule has 1 saturated heterocycles. The smallest absolute Gasteiger partial charge is 0.185 e. The predicted molar refractivity (Wildman–Crippen MR) is 42.2 cm³/mol. The predicted octanol–water partition coefficient (Wildman–Crippen LogP) is -0.782. The summed E-state index contributed by atoms with van der Waals surface area (Å²) in [6.07, 6.45) is 1.27. The van der Waals surface area contributed by atoms with Crippen LogP contribution in [-0.2, 0) is 0 Å². The van der Waals surface area contributed by atoms with Crippen molar-refractivity contribution in [2.45, 2.75) is 19.4 Å². The maximum atomic E-state index is 3.37. The quantitative estimate of drug-likeness (QED) is 0.463. The fraction of sp³-hybridized carbons (Fsp3) is 1.00. The van der Waals surface area contributed by atoms with Gasteiger partial charge in [0.2, 0.25) is 0 Å². The van der Waals surface area contributed by atoms with E-state index < -0.39 is 0 Å². The largest absolute Gasteiger partial charge is 0.344 e. The van der Waals surface area contributed by atoms with Crippen LogP contribution in [0.25, 0.3) is 0 Å². The molecule has 0 unspecified atom stereocenters. The molecule has 3 heteroatoms. The summed E-state index contributed by atoms with van der Waals surface area (Å²) < 4.78 is 0. The molecule has 0 aliphatic carbocycles. The van der Waals surface area contributed by atoms with Crippen molar-refractivity contribution in [1.82, 2.24) is 10.1 Å². The molecule has 1 heterocycles. The van der Waals surface area contributed by atoms with Crippen molar-refractivity contribution in [2.24, 2.45) is 0 Å². The van der Waals surface area contributed by atoms with Gasteiger partial charge in [0.25, 0.3) is 0 Å². The minimum absolute atomic E-state index is 0.777. The Morgan fingerprint density at radius 2 is 2.56 bits per heavy atom. The molecule has 1 aliphatic heterocycles. The van der Waals surface area contributed by atoms with Crippen LogP contribution >= 0.6 is 0 Å². The molecule has 0 radical (unpaired) electrons. The molecule has 1 aliphatic rings. The Morgan fingerprint density at radius 3 is 3.00 bits per heavy atom. The van der Waals surface area contributed by atoms with Gasteiger partial charge in [-0.15, -0.1) is 0 Å². The first kappa shape index (κ1) is 7.10. The fourth-order valence-electron chi connectivity index (χ4n) is 1.32. The second kappa shape index (κ2) is 3.23. The van der Waals surface area contributed by atoms with Gasteiger partial charge in [-0.25, -0.2) is 0 Å². The maximum Gasteiger partial charge on any atom is 0.185 e. The number of hydrogen-bond acceptors (Lipinski definition) is 2. The van der Waals surface area contributed by atoms with Crippen LogP contribution in [0.2, 0.25) is 0 Å². The number of nitrogens with one attached hydrogen (secondary N) is 1. The van der Waals surface area contributed by atoms with Gasteiger partial charge in [0.15, 0.2) is 7.98 Å². The van der Waals surface area contributed by atoms with E-state index in [0.717, 1.165) is 12.6 Å². The fourth-order valence-corrected chi connectivity index (χ4v) is 1.32. The van der Waals surface area contributed by atoms with E-state index in [4.69, 9.17) is 0 Å². The molecule has 0 aromatic heterocycles. The molecule has 1 fully saturated rings. The average Bonchev–Trinajstić information content (AvgIpc) is 1.89.